The number of nitriles is 1. The summed E-state index contributed by atoms with van der Waals surface area (Å²) in [6, 6.07) is 3.50. The summed E-state index contributed by atoms with van der Waals surface area (Å²) in [5.74, 6) is 1.19. The van der Waals surface area contributed by atoms with Crippen molar-refractivity contribution >= 4 is 5.95 Å². The second-order valence-electron chi connectivity index (χ2n) is 3.98. The Morgan fingerprint density at radius 2 is 2.22 bits per heavy atom. The number of aryl methyl sites for hydroxylation is 2. The van der Waals surface area contributed by atoms with Gasteiger partial charge in [-0.15, -0.1) is 0 Å². The van der Waals surface area contributed by atoms with E-state index in [-0.39, 0.29) is 6.04 Å². The van der Waals surface area contributed by atoms with Crippen LogP contribution >= 0.6 is 0 Å². The Balaban J connectivity index is 2.21. The van der Waals surface area contributed by atoms with Crippen LogP contribution in [0.4, 0.5) is 5.95 Å². The molecule has 2 aromatic rings. The van der Waals surface area contributed by atoms with E-state index < -0.39 is 0 Å². The van der Waals surface area contributed by atoms with Gasteiger partial charge in [-0.1, -0.05) is 5.16 Å². The van der Waals surface area contributed by atoms with E-state index >= 15 is 0 Å². The summed E-state index contributed by atoms with van der Waals surface area (Å²) >= 11 is 0. The third kappa shape index (κ3) is 2.30. The van der Waals surface area contributed by atoms with Crippen LogP contribution in [-0.2, 0) is 0 Å². The van der Waals surface area contributed by atoms with Crippen molar-refractivity contribution in [3.8, 4) is 6.07 Å². The minimum absolute atomic E-state index is 0.0369. The quantitative estimate of drug-likeness (QED) is 0.888. The molecule has 0 saturated carbocycles. The van der Waals surface area contributed by atoms with Crippen molar-refractivity contribution < 1.29 is 4.52 Å². The highest BCUT2D eigenvalue weighted by Crippen LogP contribution is 2.23. The molecule has 18 heavy (non-hydrogen) atoms. The Labute approximate surface area is 105 Å². The average Bonchev–Trinajstić information content (AvgIpc) is 2.69. The lowest BCUT2D eigenvalue weighted by Crippen LogP contribution is -2.11. The predicted molar refractivity (Wildman–Crippen MR) is 64.8 cm³/mol. The molecular formula is C12H13N5O. The van der Waals surface area contributed by atoms with E-state index in [1.54, 1.807) is 12.3 Å². The fourth-order valence-electron chi connectivity index (χ4n) is 1.86. The Morgan fingerprint density at radius 3 is 2.83 bits per heavy atom. The molecule has 92 valence electrons. The zero-order valence-electron chi connectivity index (χ0n) is 10.4. The third-order valence-electron chi connectivity index (χ3n) is 2.64. The van der Waals surface area contributed by atoms with E-state index in [2.05, 4.69) is 20.4 Å². The molecule has 0 fully saturated rings. The maximum absolute atomic E-state index is 8.78. The lowest BCUT2D eigenvalue weighted by Gasteiger charge is -2.13. The van der Waals surface area contributed by atoms with Crippen LogP contribution in [0.3, 0.4) is 0 Å². The molecule has 6 heteroatoms. The number of hydrogen-bond donors (Lipinski definition) is 1. The molecule has 0 saturated heterocycles. The van der Waals surface area contributed by atoms with Gasteiger partial charge in [0.25, 0.3) is 0 Å². The average molecular weight is 243 g/mol. The highest BCUT2D eigenvalue weighted by molar-refractivity contribution is 5.36. The minimum atomic E-state index is -0.0369. The number of nitrogens with one attached hydrogen (secondary N) is 1. The molecule has 0 aliphatic carbocycles. The molecular weight excluding hydrogens is 230 g/mol. The fourth-order valence-corrected chi connectivity index (χ4v) is 1.86. The molecule has 0 aromatic carbocycles. The summed E-state index contributed by atoms with van der Waals surface area (Å²) in [6.45, 7) is 5.71. The Bertz CT molecular complexity index is 579. The minimum Gasteiger partial charge on any atom is -0.361 e. The van der Waals surface area contributed by atoms with Crippen molar-refractivity contribution in [3.63, 3.8) is 0 Å². The van der Waals surface area contributed by atoms with E-state index in [1.807, 2.05) is 26.8 Å². The summed E-state index contributed by atoms with van der Waals surface area (Å²) < 4.78 is 5.12. The molecule has 0 radical (unpaired) electrons. The first-order valence-electron chi connectivity index (χ1n) is 5.54. The van der Waals surface area contributed by atoms with Crippen molar-refractivity contribution in [2.45, 2.75) is 26.8 Å². The van der Waals surface area contributed by atoms with Gasteiger partial charge in [0.1, 0.15) is 17.5 Å². The van der Waals surface area contributed by atoms with Gasteiger partial charge in [-0.2, -0.15) is 5.26 Å². The van der Waals surface area contributed by atoms with Crippen molar-refractivity contribution in [2.75, 3.05) is 5.32 Å². The topological polar surface area (TPSA) is 87.6 Å². The molecule has 1 unspecified atom stereocenters. The van der Waals surface area contributed by atoms with Crippen LogP contribution in [0.1, 0.15) is 35.7 Å². The first-order valence-corrected chi connectivity index (χ1v) is 5.54. The number of anilines is 1. The molecule has 0 aliphatic heterocycles. The number of hydrogen-bond acceptors (Lipinski definition) is 6. The molecule has 1 N–H and O–H groups in total. The summed E-state index contributed by atoms with van der Waals surface area (Å²) in [6.07, 6.45) is 1.55. The van der Waals surface area contributed by atoms with Gasteiger partial charge >= 0.3 is 0 Å². The highest BCUT2D eigenvalue weighted by Gasteiger charge is 2.17. The van der Waals surface area contributed by atoms with Crippen LogP contribution in [0.2, 0.25) is 0 Å². The van der Waals surface area contributed by atoms with Crippen LogP contribution in [0, 0.1) is 25.2 Å². The monoisotopic (exact) mass is 243 g/mol. The van der Waals surface area contributed by atoms with E-state index in [0.29, 0.717) is 11.6 Å². The van der Waals surface area contributed by atoms with Crippen molar-refractivity contribution in [2.24, 2.45) is 0 Å². The zero-order valence-corrected chi connectivity index (χ0v) is 10.4. The van der Waals surface area contributed by atoms with Crippen molar-refractivity contribution in [1.29, 1.82) is 5.26 Å². The fraction of sp³-hybridized carbons (Fsp3) is 0.333. The van der Waals surface area contributed by atoms with Gasteiger partial charge in [0.15, 0.2) is 0 Å². The molecule has 1 atom stereocenters. The molecule has 6 nitrogen and oxygen atoms in total. The van der Waals surface area contributed by atoms with Gasteiger partial charge in [0.2, 0.25) is 5.95 Å². The van der Waals surface area contributed by atoms with Gasteiger partial charge in [-0.3, -0.25) is 0 Å². The summed E-state index contributed by atoms with van der Waals surface area (Å²) in [4.78, 5) is 8.14. The Kier molecular flexibility index (Phi) is 3.24. The van der Waals surface area contributed by atoms with Crippen molar-refractivity contribution in [1.82, 2.24) is 15.1 Å². The smallest absolute Gasteiger partial charge is 0.224 e. The standard InChI is InChI=1S/C12H13N5O/c1-7(11-8(2)17-18-9(11)3)15-12-14-5-4-10(6-13)16-12/h4-5,7H,1-3H3,(H,14,15,16). The van der Waals surface area contributed by atoms with Crippen LogP contribution in [0.5, 0.6) is 0 Å². The van der Waals surface area contributed by atoms with Crippen LogP contribution in [-0.4, -0.2) is 15.1 Å². The lowest BCUT2D eigenvalue weighted by molar-refractivity contribution is 0.392. The second-order valence-corrected chi connectivity index (χ2v) is 3.98. The largest absolute Gasteiger partial charge is 0.361 e. The third-order valence-corrected chi connectivity index (χ3v) is 2.64. The van der Waals surface area contributed by atoms with Crippen LogP contribution in [0.15, 0.2) is 16.8 Å². The van der Waals surface area contributed by atoms with E-state index in [4.69, 9.17) is 9.78 Å². The van der Waals surface area contributed by atoms with Gasteiger partial charge in [-0.25, -0.2) is 9.97 Å². The SMILES string of the molecule is Cc1noc(C)c1C(C)Nc1nccc(C#N)n1. The van der Waals surface area contributed by atoms with E-state index in [9.17, 15) is 0 Å². The molecule has 2 rings (SSSR count). The normalized spacial score (nSPS) is 11.9. The predicted octanol–water partition coefficient (Wildman–Crippen LogP) is 2.13. The molecule has 0 spiro atoms. The summed E-state index contributed by atoms with van der Waals surface area (Å²) in [5, 5.41) is 15.8. The number of nitrogens with zero attached hydrogens (tertiary/aromatic N) is 4. The van der Waals surface area contributed by atoms with Gasteiger partial charge in [0.05, 0.1) is 11.7 Å². The van der Waals surface area contributed by atoms with E-state index in [1.165, 1.54) is 0 Å². The first-order chi connectivity index (χ1) is 8.61. The van der Waals surface area contributed by atoms with E-state index in [0.717, 1.165) is 17.0 Å². The summed E-state index contributed by atoms with van der Waals surface area (Å²) in [7, 11) is 0. The van der Waals surface area contributed by atoms with Crippen molar-refractivity contribution in [3.05, 3.63) is 35.0 Å². The molecule has 0 amide bonds. The second kappa shape index (κ2) is 4.84. The summed E-state index contributed by atoms with van der Waals surface area (Å²) in [5.41, 5.74) is 2.16. The molecule has 2 heterocycles. The van der Waals surface area contributed by atoms with Gasteiger partial charge in [0, 0.05) is 11.8 Å². The van der Waals surface area contributed by atoms with Crippen LogP contribution in [0.25, 0.3) is 0 Å². The highest BCUT2D eigenvalue weighted by atomic mass is 16.5. The number of rotatable bonds is 3. The maximum Gasteiger partial charge on any atom is 0.224 e. The zero-order chi connectivity index (χ0) is 13.1. The van der Waals surface area contributed by atoms with Crippen LogP contribution < -0.4 is 5.32 Å². The molecule has 0 aliphatic rings. The number of aromatic nitrogens is 3. The Morgan fingerprint density at radius 1 is 1.44 bits per heavy atom. The molecule has 2 aromatic heterocycles. The maximum atomic E-state index is 8.78. The molecule has 0 bridgehead atoms. The van der Waals surface area contributed by atoms with Gasteiger partial charge in [-0.05, 0) is 26.8 Å². The lowest BCUT2D eigenvalue weighted by atomic mass is 10.1. The van der Waals surface area contributed by atoms with Gasteiger partial charge < -0.3 is 9.84 Å². The first kappa shape index (κ1) is 12.0. The Hall–Kier alpha value is -2.42.